The van der Waals surface area contributed by atoms with Crippen LogP contribution in [-0.4, -0.2) is 27.7 Å². The Balaban J connectivity index is 0. The van der Waals surface area contributed by atoms with E-state index in [1.165, 1.54) is 32.2 Å². The zero-order valence-electron chi connectivity index (χ0n) is 8.54. The summed E-state index contributed by atoms with van der Waals surface area (Å²) in [5, 5.41) is 5.88. The molecule has 0 saturated carbocycles. The molecule has 0 aliphatic heterocycles. The molecule has 2 N–H and O–H groups in total. The van der Waals surface area contributed by atoms with Crippen LogP contribution >= 0.6 is 0 Å². The monoisotopic (exact) mass is 160 g/mol. The summed E-state index contributed by atoms with van der Waals surface area (Å²) >= 11 is 0. The largest absolute Gasteiger partial charge is 0.323 e. The van der Waals surface area contributed by atoms with Gasteiger partial charge < -0.3 is 10.6 Å². The maximum absolute atomic E-state index is 3.13. The number of nitrogens with one attached hydrogen (secondary N) is 2. The van der Waals surface area contributed by atoms with Crippen molar-refractivity contribution in [2.75, 3.05) is 27.7 Å². The predicted molar refractivity (Wildman–Crippen MR) is 53.1 cm³/mol. The Kier molecular flexibility index (Phi) is 20.2. The number of hydrogen-bond acceptors (Lipinski definition) is 2. The van der Waals surface area contributed by atoms with Crippen LogP contribution in [0, 0.1) is 0 Å². The van der Waals surface area contributed by atoms with Gasteiger partial charge in [-0.25, -0.2) is 0 Å². The highest BCUT2D eigenvalue weighted by molar-refractivity contribution is 4.41. The van der Waals surface area contributed by atoms with Crippen molar-refractivity contribution in [2.24, 2.45) is 0 Å². The second kappa shape index (κ2) is 16.5. The van der Waals surface area contributed by atoms with Crippen molar-refractivity contribution in [1.82, 2.24) is 10.6 Å². The maximum Gasteiger partial charge on any atom is -0.00519 e. The summed E-state index contributed by atoms with van der Waals surface area (Å²) in [5.41, 5.74) is 0. The summed E-state index contributed by atoms with van der Waals surface area (Å²) in [7, 11) is 5.76. The van der Waals surface area contributed by atoms with Crippen molar-refractivity contribution >= 4 is 0 Å². The van der Waals surface area contributed by atoms with Crippen molar-refractivity contribution in [3.63, 3.8) is 0 Å². The standard InChI is InChI=1S/C7H17N.C2H7N/c1-3-4-5-6-7-8-2;1-3-2/h8H,3-7H2,1-2H3;3H,1-2H3. The highest BCUT2D eigenvalue weighted by Gasteiger charge is 1.82. The first-order valence-electron chi connectivity index (χ1n) is 4.56. The van der Waals surface area contributed by atoms with Crippen LogP contribution in [0.3, 0.4) is 0 Å². The van der Waals surface area contributed by atoms with E-state index in [4.69, 9.17) is 0 Å². The fraction of sp³-hybridized carbons (Fsp3) is 1.00. The van der Waals surface area contributed by atoms with E-state index in [9.17, 15) is 0 Å². The predicted octanol–water partition coefficient (Wildman–Crippen LogP) is 1.62. The number of hydrogen-bond donors (Lipinski definition) is 2. The Morgan fingerprint density at radius 1 is 0.909 bits per heavy atom. The molecule has 0 aromatic rings. The van der Waals surface area contributed by atoms with Crippen LogP contribution in [0.15, 0.2) is 0 Å². The lowest BCUT2D eigenvalue weighted by atomic mass is 10.2. The van der Waals surface area contributed by atoms with Crippen molar-refractivity contribution in [3.8, 4) is 0 Å². The first-order chi connectivity index (χ1) is 5.33. The molecule has 0 aromatic heterocycles. The van der Waals surface area contributed by atoms with Gasteiger partial charge in [-0.05, 0) is 34.1 Å². The van der Waals surface area contributed by atoms with Gasteiger partial charge >= 0.3 is 0 Å². The van der Waals surface area contributed by atoms with Gasteiger partial charge in [0.05, 0.1) is 0 Å². The zero-order chi connectivity index (χ0) is 8.95. The Morgan fingerprint density at radius 3 is 1.82 bits per heavy atom. The fourth-order valence-electron chi connectivity index (χ4n) is 0.729. The number of unbranched alkanes of at least 4 members (excludes halogenated alkanes) is 3. The zero-order valence-corrected chi connectivity index (χ0v) is 8.54. The van der Waals surface area contributed by atoms with E-state index in [2.05, 4.69) is 17.6 Å². The normalized spacial score (nSPS) is 8.73. The molecular weight excluding hydrogens is 136 g/mol. The average Bonchev–Trinajstić information content (AvgIpc) is 2.00. The van der Waals surface area contributed by atoms with Gasteiger partial charge in [-0.2, -0.15) is 0 Å². The van der Waals surface area contributed by atoms with Crippen LogP contribution in [0.4, 0.5) is 0 Å². The SMILES string of the molecule is CCCCCCNC.CNC. The summed E-state index contributed by atoms with van der Waals surface area (Å²) in [6.07, 6.45) is 5.45. The van der Waals surface area contributed by atoms with Crippen LogP contribution < -0.4 is 10.6 Å². The molecule has 70 valence electrons. The Morgan fingerprint density at radius 2 is 1.45 bits per heavy atom. The van der Waals surface area contributed by atoms with Crippen LogP contribution in [0.5, 0.6) is 0 Å². The summed E-state index contributed by atoms with van der Waals surface area (Å²) in [6.45, 7) is 3.42. The lowest BCUT2D eigenvalue weighted by Crippen LogP contribution is -2.06. The molecule has 0 bridgehead atoms. The lowest BCUT2D eigenvalue weighted by molar-refractivity contribution is 0.634. The van der Waals surface area contributed by atoms with E-state index in [0.717, 1.165) is 0 Å². The van der Waals surface area contributed by atoms with E-state index >= 15 is 0 Å². The van der Waals surface area contributed by atoms with Gasteiger partial charge in [-0.1, -0.05) is 26.2 Å². The fourth-order valence-corrected chi connectivity index (χ4v) is 0.729. The maximum atomic E-state index is 3.13. The van der Waals surface area contributed by atoms with Gasteiger partial charge in [0, 0.05) is 0 Å². The van der Waals surface area contributed by atoms with Crippen LogP contribution in [0.1, 0.15) is 32.6 Å². The van der Waals surface area contributed by atoms with Crippen molar-refractivity contribution in [2.45, 2.75) is 32.6 Å². The minimum atomic E-state index is 1.18. The minimum absolute atomic E-state index is 1.18. The quantitative estimate of drug-likeness (QED) is 0.597. The second-order valence-electron chi connectivity index (χ2n) is 2.66. The highest BCUT2D eigenvalue weighted by atomic mass is 14.8. The van der Waals surface area contributed by atoms with E-state index in [0.29, 0.717) is 0 Å². The molecule has 2 nitrogen and oxygen atoms in total. The van der Waals surface area contributed by atoms with Crippen LogP contribution in [0.25, 0.3) is 0 Å². The van der Waals surface area contributed by atoms with Gasteiger partial charge in [-0.3, -0.25) is 0 Å². The second-order valence-corrected chi connectivity index (χ2v) is 2.66. The summed E-state index contributed by atoms with van der Waals surface area (Å²) in [4.78, 5) is 0. The third kappa shape index (κ3) is 25.7. The average molecular weight is 160 g/mol. The van der Waals surface area contributed by atoms with Crippen LogP contribution in [0.2, 0.25) is 0 Å². The van der Waals surface area contributed by atoms with Gasteiger partial charge in [0.25, 0.3) is 0 Å². The molecule has 0 radical (unpaired) electrons. The van der Waals surface area contributed by atoms with Crippen molar-refractivity contribution < 1.29 is 0 Å². The molecule has 2 heteroatoms. The topological polar surface area (TPSA) is 24.1 Å². The molecule has 0 rings (SSSR count). The third-order valence-corrected chi connectivity index (χ3v) is 1.28. The molecule has 0 spiro atoms. The Bertz CT molecular complexity index is 40.8. The van der Waals surface area contributed by atoms with Gasteiger partial charge in [0.2, 0.25) is 0 Å². The van der Waals surface area contributed by atoms with E-state index < -0.39 is 0 Å². The molecule has 11 heavy (non-hydrogen) atoms. The van der Waals surface area contributed by atoms with Crippen molar-refractivity contribution in [3.05, 3.63) is 0 Å². The third-order valence-electron chi connectivity index (χ3n) is 1.28. The molecule has 0 atom stereocenters. The molecule has 0 unspecified atom stereocenters. The highest BCUT2D eigenvalue weighted by Crippen LogP contribution is 1.96. The van der Waals surface area contributed by atoms with Gasteiger partial charge in [-0.15, -0.1) is 0 Å². The minimum Gasteiger partial charge on any atom is -0.323 e. The Hall–Kier alpha value is -0.0800. The summed E-state index contributed by atoms with van der Waals surface area (Å²) in [6, 6.07) is 0. The smallest absolute Gasteiger partial charge is 0.00519 e. The summed E-state index contributed by atoms with van der Waals surface area (Å²) < 4.78 is 0. The molecule has 0 aliphatic carbocycles. The molecule has 0 amide bonds. The van der Waals surface area contributed by atoms with E-state index in [1.807, 2.05) is 21.1 Å². The van der Waals surface area contributed by atoms with E-state index in [-0.39, 0.29) is 0 Å². The molecule has 0 aromatic carbocycles. The summed E-state index contributed by atoms with van der Waals surface area (Å²) in [5.74, 6) is 0. The van der Waals surface area contributed by atoms with Crippen LogP contribution in [-0.2, 0) is 0 Å². The molecule has 0 aliphatic rings. The molecule has 0 fully saturated rings. The molecule has 0 heterocycles. The molecule has 0 saturated heterocycles. The Labute approximate surface area is 71.8 Å². The van der Waals surface area contributed by atoms with E-state index in [1.54, 1.807) is 0 Å². The van der Waals surface area contributed by atoms with Crippen molar-refractivity contribution in [1.29, 1.82) is 0 Å². The lowest BCUT2D eigenvalue weighted by Gasteiger charge is -1.95. The first-order valence-corrected chi connectivity index (χ1v) is 4.56. The first kappa shape index (κ1) is 13.5. The number of rotatable bonds is 5. The van der Waals surface area contributed by atoms with Gasteiger partial charge in [0.15, 0.2) is 0 Å². The van der Waals surface area contributed by atoms with Gasteiger partial charge in [0.1, 0.15) is 0 Å². The molecular formula is C9H24N2.